The van der Waals surface area contributed by atoms with Gasteiger partial charge < -0.3 is 9.40 Å². The van der Waals surface area contributed by atoms with E-state index in [1.54, 1.807) is 31.1 Å². The van der Waals surface area contributed by atoms with Gasteiger partial charge in [0.1, 0.15) is 22.8 Å². The van der Waals surface area contributed by atoms with Crippen molar-refractivity contribution in [1.82, 2.24) is 30.1 Å². The summed E-state index contributed by atoms with van der Waals surface area (Å²) in [6.45, 7) is 0. The lowest BCUT2D eigenvalue weighted by atomic mass is 10.0. The highest BCUT2D eigenvalue weighted by Crippen LogP contribution is 2.44. The Hall–Kier alpha value is -4.31. The molecule has 0 saturated carbocycles. The van der Waals surface area contributed by atoms with Crippen LogP contribution in [0.2, 0.25) is 0 Å². The minimum atomic E-state index is -0.473. The molecular formula is C22H16N8OS. The quantitative estimate of drug-likeness (QED) is 0.425. The van der Waals surface area contributed by atoms with Crippen molar-refractivity contribution in [2.24, 2.45) is 4.99 Å². The first kappa shape index (κ1) is 18.5. The van der Waals surface area contributed by atoms with Crippen LogP contribution in [0, 0.1) is 0 Å². The number of hydrogen-bond acceptors (Lipinski definition) is 8. The molecule has 2 N–H and O–H groups in total. The van der Waals surface area contributed by atoms with E-state index in [4.69, 9.17) is 9.41 Å². The van der Waals surface area contributed by atoms with Crippen molar-refractivity contribution in [2.45, 2.75) is 6.17 Å². The Labute approximate surface area is 186 Å². The van der Waals surface area contributed by atoms with Gasteiger partial charge in [-0.15, -0.1) is 11.3 Å². The van der Waals surface area contributed by atoms with Crippen LogP contribution in [0.4, 0.5) is 5.82 Å². The van der Waals surface area contributed by atoms with Crippen molar-refractivity contribution in [1.29, 1.82) is 0 Å². The van der Waals surface area contributed by atoms with E-state index in [9.17, 15) is 0 Å². The maximum Gasteiger partial charge on any atom is 0.245 e. The maximum atomic E-state index is 5.71. The van der Waals surface area contributed by atoms with Crippen LogP contribution in [0.1, 0.15) is 28.5 Å². The molecule has 0 aliphatic carbocycles. The summed E-state index contributed by atoms with van der Waals surface area (Å²) in [5, 5.41) is 10.1. The smallest absolute Gasteiger partial charge is 0.245 e. The van der Waals surface area contributed by atoms with Crippen LogP contribution in [0.3, 0.4) is 0 Å². The van der Waals surface area contributed by atoms with E-state index in [1.165, 1.54) is 11.3 Å². The average molecular weight is 440 g/mol. The number of rotatable bonds is 5. The maximum absolute atomic E-state index is 5.71. The molecule has 6 heterocycles. The molecule has 0 radical (unpaired) electrons. The summed E-state index contributed by atoms with van der Waals surface area (Å²) < 4.78 is 5.71. The van der Waals surface area contributed by atoms with Gasteiger partial charge in [0.05, 0.1) is 28.9 Å². The van der Waals surface area contributed by atoms with Crippen LogP contribution in [0.5, 0.6) is 0 Å². The van der Waals surface area contributed by atoms with Gasteiger partial charge in [0.15, 0.2) is 6.17 Å². The number of aromatic amines is 2. The van der Waals surface area contributed by atoms with Crippen molar-refractivity contribution < 1.29 is 4.42 Å². The molecule has 6 rings (SSSR count). The van der Waals surface area contributed by atoms with Crippen molar-refractivity contribution in [2.75, 3.05) is 4.90 Å². The van der Waals surface area contributed by atoms with Gasteiger partial charge in [0.2, 0.25) is 5.89 Å². The molecule has 5 aromatic heterocycles. The van der Waals surface area contributed by atoms with Crippen molar-refractivity contribution >= 4 is 34.1 Å². The fourth-order valence-electron chi connectivity index (χ4n) is 3.75. The van der Waals surface area contributed by atoms with E-state index in [2.05, 4.69) is 35.0 Å². The minimum absolute atomic E-state index is 0.416. The summed E-state index contributed by atoms with van der Waals surface area (Å²) in [4.78, 5) is 24.1. The third-order valence-electron chi connectivity index (χ3n) is 5.04. The molecule has 1 unspecified atom stereocenters. The molecule has 0 bridgehead atoms. The zero-order valence-electron chi connectivity index (χ0n) is 16.6. The summed E-state index contributed by atoms with van der Waals surface area (Å²) in [5.74, 6) is 1.27. The number of hydrogen-bond donors (Lipinski definition) is 2. The van der Waals surface area contributed by atoms with Crippen LogP contribution in [-0.4, -0.2) is 35.8 Å². The van der Waals surface area contributed by atoms with E-state index in [1.807, 2.05) is 48.0 Å². The van der Waals surface area contributed by atoms with Crippen LogP contribution < -0.4 is 4.90 Å². The number of nitrogens with zero attached hydrogens (tertiary/aromatic N) is 6. The Bertz CT molecular complexity index is 1360. The number of aromatic nitrogens is 6. The van der Waals surface area contributed by atoms with Gasteiger partial charge in [-0.1, -0.05) is 6.07 Å². The SMILES string of the molecule is c1ccc(C2N=C(c3ncco3)C(c3nccs3)=C(c3ccn[nH]3)N2c2ccc[nH]2)nc1. The summed E-state index contributed by atoms with van der Waals surface area (Å²) in [6, 6.07) is 11.7. The number of anilines is 1. The monoisotopic (exact) mass is 440 g/mol. The van der Waals surface area contributed by atoms with Crippen molar-refractivity contribution in [3.63, 3.8) is 0 Å². The second-order valence-electron chi connectivity index (χ2n) is 6.90. The molecule has 5 aromatic rings. The molecule has 9 nitrogen and oxygen atoms in total. The topological polar surface area (TPSA) is 112 Å². The first-order chi connectivity index (χ1) is 15.9. The summed E-state index contributed by atoms with van der Waals surface area (Å²) in [7, 11) is 0. The Morgan fingerprint density at radius 3 is 2.66 bits per heavy atom. The summed E-state index contributed by atoms with van der Waals surface area (Å²) in [5.41, 5.74) is 3.84. The van der Waals surface area contributed by atoms with Gasteiger partial charge in [-0.05, 0) is 30.3 Å². The first-order valence-electron chi connectivity index (χ1n) is 9.85. The van der Waals surface area contributed by atoms with E-state index in [0.29, 0.717) is 11.6 Å². The molecule has 10 heteroatoms. The third-order valence-corrected chi connectivity index (χ3v) is 5.83. The van der Waals surface area contributed by atoms with E-state index < -0.39 is 6.17 Å². The first-order valence-corrected chi connectivity index (χ1v) is 10.7. The van der Waals surface area contributed by atoms with E-state index in [-0.39, 0.29) is 0 Å². The van der Waals surface area contributed by atoms with Gasteiger partial charge in [0.25, 0.3) is 0 Å². The van der Waals surface area contributed by atoms with Crippen molar-refractivity contribution in [3.8, 4) is 0 Å². The zero-order valence-corrected chi connectivity index (χ0v) is 17.4. The predicted molar refractivity (Wildman–Crippen MR) is 121 cm³/mol. The van der Waals surface area contributed by atoms with Crippen LogP contribution in [0.15, 0.2) is 88.4 Å². The van der Waals surface area contributed by atoms with Gasteiger partial charge in [-0.3, -0.25) is 15.0 Å². The highest BCUT2D eigenvalue weighted by Gasteiger charge is 2.38. The molecule has 1 aliphatic rings. The Morgan fingerprint density at radius 2 is 1.97 bits per heavy atom. The Balaban J connectivity index is 1.70. The largest absolute Gasteiger partial charge is 0.443 e. The van der Waals surface area contributed by atoms with Gasteiger partial charge >= 0.3 is 0 Å². The fourth-order valence-corrected chi connectivity index (χ4v) is 4.44. The number of oxazole rings is 1. The van der Waals surface area contributed by atoms with Gasteiger partial charge in [-0.2, -0.15) is 5.10 Å². The fraction of sp³-hybridized carbons (Fsp3) is 0.0455. The van der Waals surface area contributed by atoms with Crippen LogP contribution in [-0.2, 0) is 0 Å². The second kappa shape index (κ2) is 7.75. The summed E-state index contributed by atoms with van der Waals surface area (Å²) in [6.07, 6.45) is 9.82. The lowest BCUT2D eigenvalue weighted by Crippen LogP contribution is -2.34. The highest BCUT2D eigenvalue weighted by molar-refractivity contribution is 7.11. The minimum Gasteiger partial charge on any atom is -0.443 e. The van der Waals surface area contributed by atoms with Crippen molar-refractivity contribution in [3.05, 3.63) is 101 Å². The average Bonchev–Trinajstić information content (AvgIpc) is 3.67. The third kappa shape index (κ3) is 3.05. The molecule has 0 fully saturated rings. The lowest BCUT2D eigenvalue weighted by molar-refractivity contribution is 0.545. The molecular weight excluding hydrogens is 424 g/mol. The number of nitrogens with one attached hydrogen (secondary N) is 2. The molecule has 32 heavy (non-hydrogen) atoms. The molecule has 0 spiro atoms. The van der Waals surface area contributed by atoms with Crippen LogP contribution >= 0.6 is 11.3 Å². The highest BCUT2D eigenvalue weighted by atomic mass is 32.1. The van der Waals surface area contributed by atoms with E-state index in [0.717, 1.165) is 33.5 Å². The van der Waals surface area contributed by atoms with E-state index >= 15 is 0 Å². The Kier molecular flexibility index (Phi) is 4.47. The predicted octanol–water partition coefficient (Wildman–Crippen LogP) is 4.15. The van der Waals surface area contributed by atoms with Gasteiger partial charge in [0, 0.05) is 30.2 Å². The molecule has 0 saturated heterocycles. The molecule has 0 aromatic carbocycles. The summed E-state index contributed by atoms with van der Waals surface area (Å²) >= 11 is 1.52. The normalized spacial score (nSPS) is 16.4. The lowest BCUT2D eigenvalue weighted by Gasteiger charge is -2.36. The zero-order chi connectivity index (χ0) is 21.3. The Morgan fingerprint density at radius 1 is 0.969 bits per heavy atom. The second-order valence-corrected chi connectivity index (χ2v) is 7.79. The number of pyridine rings is 1. The molecule has 1 aliphatic heterocycles. The van der Waals surface area contributed by atoms with Crippen LogP contribution in [0.25, 0.3) is 11.3 Å². The molecule has 0 amide bonds. The number of thiazole rings is 1. The van der Waals surface area contributed by atoms with Gasteiger partial charge in [-0.25, -0.2) is 15.0 Å². The number of allylic oxidation sites excluding steroid dienone is 1. The standard InChI is InChI=1S/C22H16N8OS/c1-2-7-23-15(4-1)20-28-18(21-25-10-12-31-21)17(22-26-11-13-32-22)19(14-6-9-27-29-14)30(20)16-5-3-8-24-16/h1-13,20,24H,(H,27,29). The molecule has 156 valence electrons. The molecule has 1 atom stereocenters. The number of H-pyrrole nitrogens is 2. The number of aliphatic imine (C=N–C) groups is 1.